The van der Waals surface area contributed by atoms with Crippen LogP contribution in [0.25, 0.3) is 0 Å². The van der Waals surface area contributed by atoms with Gasteiger partial charge in [-0.15, -0.1) is 0 Å². The molecular formula is C10H16N2. The van der Waals surface area contributed by atoms with E-state index < -0.39 is 0 Å². The van der Waals surface area contributed by atoms with Gasteiger partial charge in [-0.05, 0) is 39.5 Å². The van der Waals surface area contributed by atoms with Crippen LogP contribution >= 0.6 is 0 Å². The first-order valence-corrected chi connectivity index (χ1v) is 4.70. The summed E-state index contributed by atoms with van der Waals surface area (Å²) in [6.07, 6.45) is 4.97. The number of imidazole rings is 1. The normalized spacial score (nSPS) is 19.6. The SMILES string of the molecule is Cc1cn([C@@H](C)C2CC2)c(C)n1. The minimum atomic E-state index is 0.659. The van der Waals surface area contributed by atoms with Crippen molar-refractivity contribution in [2.75, 3.05) is 0 Å². The quantitative estimate of drug-likeness (QED) is 0.656. The Kier molecular flexibility index (Phi) is 1.71. The lowest BCUT2D eigenvalue weighted by Gasteiger charge is -2.13. The fourth-order valence-electron chi connectivity index (χ4n) is 1.85. The van der Waals surface area contributed by atoms with Crippen molar-refractivity contribution in [2.24, 2.45) is 5.92 Å². The lowest BCUT2D eigenvalue weighted by molar-refractivity contribution is 0.475. The van der Waals surface area contributed by atoms with Crippen LogP contribution in [0.3, 0.4) is 0 Å². The van der Waals surface area contributed by atoms with Gasteiger partial charge in [0.25, 0.3) is 0 Å². The van der Waals surface area contributed by atoms with Gasteiger partial charge in [0, 0.05) is 12.2 Å². The molecule has 0 saturated heterocycles. The summed E-state index contributed by atoms with van der Waals surface area (Å²) in [6, 6.07) is 0.659. The van der Waals surface area contributed by atoms with Gasteiger partial charge in [-0.25, -0.2) is 4.98 Å². The van der Waals surface area contributed by atoms with Gasteiger partial charge in [0.1, 0.15) is 5.82 Å². The van der Waals surface area contributed by atoms with E-state index in [-0.39, 0.29) is 0 Å². The lowest BCUT2D eigenvalue weighted by atomic mass is 10.2. The van der Waals surface area contributed by atoms with E-state index in [1.807, 2.05) is 0 Å². The molecule has 0 aromatic carbocycles. The monoisotopic (exact) mass is 164 g/mol. The van der Waals surface area contributed by atoms with Crippen molar-refractivity contribution in [3.63, 3.8) is 0 Å². The van der Waals surface area contributed by atoms with Crippen LogP contribution in [0, 0.1) is 19.8 Å². The van der Waals surface area contributed by atoms with Gasteiger partial charge in [0.05, 0.1) is 5.69 Å². The molecule has 1 atom stereocenters. The van der Waals surface area contributed by atoms with Gasteiger partial charge in [-0.2, -0.15) is 0 Å². The Bertz CT molecular complexity index is 284. The molecule has 0 aliphatic heterocycles. The van der Waals surface area contributed by atoms with Crippen molar-refractivity contribution in [1.82, 2.24) is 9.55 Å². The van der Waals surface area contributed by atoms with Crippen molar-refractivity contribution < 1.29 is 0 Å². The molecule has 1 saturated carbocycles. The molecular weight excluding hydrogens is 148 g/mol. The zero-order valence-electron chi connectivity index (χ0n) is 8.04. The molecule has 2 heteroatoms. The Balaban J connectivity index is 2.25. The number of rotatable bonds is 2. The van der Waals surface area contributed by atoms with Crippen molar-refractivity contribution in [3.05, 3.63) is 17.7 Å². The third-order valence-corrected chi connectivity index (χ3v) is 2.78. The molecule has 2 rings (SSSR count). The summed E-state index contributed by atoms with van der Waals surface area (Å²) in [5, 5.41) is 0. The van der Waals surface area contributed by atoms with Gasteiger partial charge >= 0.3 is 0 Å². The molecule has 0 unspecified atom stereocenters. The maximum Gasteiger partial charge on any atom is 0.106 e. The molecule has 0 bridgehead atoms. The highest BCUT2D eigenvalue weighted by Gasteiger charge is 2.29. The molecule has 2 nitrogen and oxygen atoms in total. The molecule has 66 valence electrons. The van der Waals surface area contributed by atoms with E-state index in [9.17, 15) is 0 Å². The third kappa shape index (κ3) is 1.26. The molecule has 1 aromatic heterocycles. The number of aromatic nitrogens is 2. The van der Waals surface area contributed by atoms with Crippen LogP contribution in [0.2, 0.25) is 0 Å². The maximum atomic E-state index is 4.41. The smallest absolute Gasteiger partial charge is 0.106 e. The average Bonchev–Trinajstić information content (AvgIpc) is 2.77. The lowest BCUT2D eigenvalue weighted by Crippen LogP contribution is -2.07. The van der Waals surface area contributed by atoms with E-state index >= 15 is 0 Å². The molecule has 1 aliphatic rings. The van der Waals surface area contributed by atoms with Crippen LogP contribution in [0.5, 0.6) is 0 Å². The Labute approximate surface area is 73.6 Å². The van der Waals surface area contributed by atoms with E-state index in [0.717, 1.165) is 17.4 Å². The predicted molar refractivity (Wildman–Crippen MR) is 49.1 cm³/mol. The molecule has 0 N–H and O–H groups in total. The standard InChI is InChI=1S/C10H16N2/c1-7-6-12(9(3)11-7)8(2)10-4-5-10/h6,8,10H,4-5H2,1-3H3/t8-/m0/s1. The Morgan fingerprint density at radius 2 is 2.17 bits per heavy atom. The Hall–Kier alpha value is -0.790. The number of hydrogen-bond acceptors (Lipinski definition) is 1. The summed E-state index contributed by atoms with van der Waals surface area (Å²) < 4.78 is 2.31. The van der Waals surface area contributed by atoms with E-state index in [2.05, 4.69) is 36.5 Å². The highest BCUT2D eigenvalue weighted by molar-refractivity contribution is 5.03. The Morgan fingerprint density at radius 1 is 1.50 bits per heavy atom. The Morgan fingerprint density at radius 3 is 2.58 bits per heavy atom. The summed E-state index contributed by atoms with van der Waals surface area (Å²) >= 11 is 0. The van der Waals surface area contributed by atoms with Crippen LogP contribution in [0.4, 0.5) is 0 Å². The van der Waals surface area contributed by atoms with Crippen LogP contribution in [0.1, 0.15) is 37.3 Å². The topological polar surface area (TPSA) is 17.8 Å². The van der Waals surface area contributed by atoms with Crippen LogP contribution in [-0.2, 0) is 0 Å². The van der Waals surface area contributed by atoms with Crippen LogP contribution in [0.15, 0.2) is 6.20 Å². The molecule has 1 fully saturated rings. The molecule has 12 heavy (non-hydrogen) atoms. The second-order valence-corrected chi connectivity index (χ2v) is 3.91. The van der Waals surface area contributed by atoms with E-state index in [4.69, 9.17) is 0 Å². The van der Waals surface area contributed by atoms with Crippen molar-refractivity contribution in [2.45, 2.75) is 39.7 Å². The minimum Gasteiger partial charge on any atom is -0.332 e. The second kappa shape index (κ2) is 2.61. The average molecular weight is 164 g/mol. The highest BCUT2D eigenvalue weighted by atomic mass is 15.1. The van der Waals surface area contributed by atoms with Gasteiger partial charge in [-0.1, -0.05) is 0 Å². The summed E-state index contributed by atoms with van der Waals surface area (Å²) in [6.45, 7) is 6.45. The first-order valence-electron chi connectivity index (χ1n) is 4.70. The van der Waals surface area contributed by atoms with Crippen molar-refractivity contribution >= 4 is 0 Å². The zero-order valence-corrected chi connectivity index (χ0v) is 8.04. The number of hydrogen-bond donors (Lipinski definition) is 0. The van der Waals surface area contributed by atoms with Gasteiger partial charge in [0.2, 0.25) is 0 Å². The van der Waals surface area contributed by atoms with Gasteiger partial charge < -0.3 is 4.57 Å². The molecule has 0 spiro atoms. The van der Waals surface area contributed by atoms with Crippen LogP contribution < -0.4 is 0 Å². The fourth-order valence-corrected chi connectivity index (χ4v) is 1.85. The largest absolute Gasteiger partial charge is 0.332 e. The van der Waals surface area contributed by atoms with Gasteiger partial charge in [-0.3, -0.25) is 0 Å². The molecule has 1 aromatic rings. The van der Waals surface area contributed by atoms with Crippen LogP contribution in [-0.4, -0.2) is 9.55 Å². The predicted octanol–water partition coefficient (Wildman–Crippen LogP) is 2.47. The highest BCUT2D eigenvalue weighted by Crippen LogP contribution is 2.39. The first kappa shape index (κ1) is 7.84. The molecule has 1 aliphatic carbocycles. The van der Waals surface area contributed by atoms with E-state index in [0.29, 0.717) is 6.04 Å². The molecule has 0 amide bonds. The molecule has 0 radical (unpaired) electrons. The van der Waals surface area contributed by atoms with Gasteiger partial charge in [0.15, 0.2) is 0 Å². The second-order valence-electron chi connectivity index (χ2n) is 3.91. The number of nitrogens with zero attached hydrogens (tertiary/aromatic N) is 2. The first-order chi connectivity index (χ1) is 5.68. The number of aryl methyl sites for hydroxylation is 2. The van der Waals surface area contributed by atoms with Crippen molar-refractivity contribution in [1.29, 1.82) is 0 Å². The van der Waals surface area contributed by atoms with Crippen molar-refractivity contribution in [3.8, 4) is 0 Å². The summed E-state index contributed by atoms with van der Waals surface area (Å²) in [4.78, 5) is 4.41. The fraction of sp³-hybridized carbons (Fsp3) is 0.700. The summed E-state index contributed by atoms with van der Waals surface area (Å²) in [7, 11) is 0. The maximum absolute atomic E-state index is 4.41. The van der Waals surface area contributed by atoms with E-state index in [1.165, 1.54) is 12.8 Å². The summed E-state index contributed by atoms with van der Waals surface area (Å²) in [5.41, 5.74) is 1.14. The molecule has 1 heterocycles. The third-order valence-electron chi connectivity index (χ3n) is 2.78. The summed E-state index contributed by atoms with van der Waals surface area (Å²) in [5.74, 6) is 2.07. The minimum absolute atomic E-state index is 0.659. The zero-order chi connectivity index (χ0) is 8.72. The van der Waals surface area contributed by atoms with E-state index in [1.54, 1.807) is 0 Å².